The number of benzene rings is 1. The summed E-state index contributed by atoms with van der Waals surface area (Å²) in [6.07, 6.45) is 0. The van der Waals surface area contributed by atoms with Crippen LogP contribution in [0.4, 0.5) is 11.4 Å². The van der Waals surface area contributed by atoms with Crippen LogP contribution in [0.5, 0.6) is 0 Å². The lowest BCUT2D eigenvalue weighted by Crippen LogP contribution is -2.11. The lowest BCUT2D eigenvalue weighted by Gasteiger charge is -2.18. The summed E-state index contributed by atoms with van der Waals surface area (Å²) in [5, 5.41) is 5.57. The van der Waals surface area contributed by atoms with Crippen molar-refractivity contribution >= 4 is 22.7 Å². The van der Waals surface area contributed by atoms with E-state index in [9.17, 15) is 0 Å². The topological polar surface area (TPSA) is 15.3 Å². The van der Waals surface area contributed by atoms with Crippen molar-refractivity contribution in [3.63, 3.8) is 0 Å². The van der Waals surface area contributed by atoms with Gasteiger partial charge in [0.25, 0.3) is 0 Å². The number of rotatable bonds is 4. The molecule has 0 aliphatic heterocycles. The van der Waals surface area contributed by atoms with E-state index in [0.717, 1.165) is 6.54 Å². The van der Waals surface area contributed by atoms with E-state index in [2.05, 4.69) is 66.1 Å². The van der Waals surface area contributed by atoms with E-state index in [0.29, 0.717) is 0 Å². The number of para-hydroxylation sites is 2. The molecule has 0 bridgehead atoms. The molecule has 0 atom stereocenters. The summed E-state index contributed by atoms with van der Waals surface area (Å²) < 4.78 is 0. The molecule has 3 heteroatoms. The van der Waals surface area contributed by atoms with Crippen LogP contribution in [-0.2, 0) is 6.54 Å². The first-order chi connectivity index (χ1) is 7.77. The summed E-state index contributed by atoms with van der Waals surface area (Å²) >= 11 is 1.78. The van der Waals surface area contributed by atoms with Gasteiger partial charge in [-0.1, -0.05) is 18.2 Å². The molecule has 0 radical (unpaired) electrons. The fourth-order valence-electron chi connectivity index (χ4n) is 1.61. The largest absolute Gasteiger partial charge is 0.378 e. The van der Waals surface area contributed by atoms with Crippen molar-refractivity contribution in [3.8, 4) is 0 Å². The molecule has 0 amide bonds. The van der Waals surface area contributed by atoms with Crippen LogP contribution in [0.3, 0.4) is 0 Å². The Balaban J connectivity index is 2.09. The van der Waals surface area contributed by atoms with E-state index < -0.39 is 0 Å². The van der Waals surface area contributed by atoms with E-state index in [1.165, 1.54) is 16.3 Å². The van der Waals surface area contributed by atoms with Gasteiger partial charge in [-0.2, -0.15) is 0 Å². The van der Waals surface area contributed by atoms with Crippen molar-refractivity contribution in [2.75, 3.05) is 24.3 Å². The zero-order chi connectivity index (χ0) is 11.4. The van der Waals surface area contributed by atoms with E-state index in [1.807, 2.05) is 0 Å². The first-order valence-electron chi connectivity index (χ1n) is 5.30. The molecule has 16 heavy (non-hydrogen) atoms. The zero-order valence-electron chi connectivity index (χ0n) is 9.60. The number of thiophene rings is 1. The predicted octanol–water partition coefficient (Wildman–Crippen LogP) is 3.43. The Morgan fingerprint density at radius 2 is 1.94 bits per heavy atom. The van der Waals surface area contributed by atoms with Gasteiger partial charge in [-0.25, -0.2) is 0 Å². The highest BCUT2D eigenvalue weighted by Gasteiger charge is 2.02. The van der Waals surface area contributed by atoms with Crippen LogP contribution >= 0.6 is 11.3 Å². The highest BCUT2D eigenvalue weighted by molar-refractivity contribution is 7.09. The molecule has 0 saturated carbocycles. The van der Waals surface area contributed by atoms with Crippen molar-refractivity contribution in [1.29, 1.82) is 0 Å². The summed E-state index contributed by atoms with van der Waals surface area (Å²) in [6.45, 7) is 0.891. The molecule has 1 aromatic heterocycles. The highest BCUT2D eigenvalue weighted by Crippen LogP contribution is 2.24. The molecule has 2 rings (SSSR count). The number of nitrogens with one attached hydrogen (secondary N) is 1. The molecule has 2 aromatic rings. The Kier molecular flexibility index (Phi) is 3.47. The maximum absolute atomic E-state index is 3.47. The Morgan fingerprint density at radius 3 is 2.62 bits per heavy atom. The summed E-state index contributed by atoms with van der Waals surface area (Å²) in [4.78, 5) is 3.48. The maximum atomic E-state index is 3.47. The third kappa shape index (κ3) is 2.55. The van der Waals surface area contributed by atoms with E-state index in [-0.39, 0.29) is 0 Å². The van der Waals surface area contributed by atoms with Crippen LogP contribution in [0.25, 0.3) is 0 Å². The minimum atomic E-state index is 0.891. The van der Waals surface area contributed by atoms with Gasteiger partial charge in [0.2, 0.25) is 0 Å². The van der Waals surface area contributed by atoms with Gasteiger partial charge in [-0.05, 0) is 23.6 Å². The van der Waals surface area contributed by atoms with Gasteiger partial charge in [0, 0.05) is 25.5 Å². The third-order valence-electron chi connectivity index (χ3n) is 2.42. The molecular weight excluding hydrogens is 216 g/mol. The molecule has 0 saturated heterocycles. The average molecular weight is 232 g/mol. The Hall–Kier alpha value is -1.48. The SMILES string of the molecule is CN(C)c1ccccc1NCc1cccs1. The fourth-order valence-corrected chi connectivity index (χ4v) is 2.25. The first kappa shape index (κ1) is 11.0. The predicted molar refractivity (Wildman–Crippen MR) is 72.4 cm³/mol. The van der Waals surface area contributed by atoms with Crippen LogP contribution in [0.2, 0.25) is 0 Å². The normalized spacial score (nSPS) is 10.1. The second-order valence-electron chi connectivity index (χ2n) is 3.84. The minimum Gasteiger partial charge on any atom is -0.378 e. The monoisotopic (exact) mass is 232 g/mol. The third-order valence-corrected chi connectivity index (χ3v) is 3.30. The van der Waals surface area contributed by atoms with Crippen molar-refractivity contribution in [3.05, 3.63) is 46.7 Å². The van der Waals surface area contributed by atoms with Crippen LogP contribution in [0.1, 0.15) is 4.88 Å². The molecule has 0 aliphatic rings. The Labute approximate surface area is 101 Å². The molecule has 0 unspecified atom stereocenters. The minimum absolute atomic E-state index is 0.891. The summed E-state index contributed by atoms with van der Waals surface area (Å²) in [6, 6.07) is 12.6. The van der Waals surface area contributed by atoms with Gasteiger partial charge in [0.1, 0.15) is 0 Å². The second-order valence-corrected chi connectivity index (χ2v) is 4.88. The molecule has 0 fully saturated rings. The van der Waals surface area contributed by atoms with E-state index >= 15 is 0 Å². The van der Waals surface area contributed by atoms with Gasteiger partial charge in [-0.3, -0.25) is 0 Å². The lowest BCUT2D eigenvalue weighted by atomic mass is 10.2. The second kappa shape index (κ2) is 5.03. The molecule has 84 valence electrons. The molecule has 2 nitrogen and oxygen atoms in total. The van der Waals surface area contributed by atoms with E-state index in [1.54, 1.807) is 11.3 Å². The average Bonchev–Trinajstić information content (AvgIpc) is 2.79. The zero-order valence-corrected chi connectivity index (χ0v) is 10.4. The molecule has 1 aromatic carbocycles. The number of hydrogen-bond acceptors (Lipinski definition) is 3. The first-order valence-corrected chi connectivity index (χ1v) is 6.18. The molecule has 0 aliphatic carbocycles. The number of nitrogens with zero attached hydrogens (tertiary/aromatic N) is 1. The lowest BCUT2D eigenvalue weighted by molar-refractivity contribution is 1.11. The van der Waals surface area contributed by atoms with Crippen molar-refractivity contribution in [2.24, 2.45) is 0 Å². The van der Waals surface area contributed by atoms with Gasteiger partial charge in [0.05, 0.1) is 11.4 Å². The summed E-state index contributed by atoms with van der Waals surface area (Å²) in [5.41, 5.74) is 2.40. The van der Waals surface area contributed by atoms with Crippen molar-refractivity contribution in [2.45, 2.75) is 6.54 Å². The standard InChI is InChI=1S/C13H16N2S/c1-15(2)13-8-4-3-7-12(13)14-10-11-6-5-9-16-11/h3-9,14H,10H2,1-2H3. The highest BCUT2D eigenvalue weighted by atomic mass is 32.1. The van der Waals surface area contributed by atoms with Crippen LogP contribution in [0.15, 0.2) is 41.8 Å². The summed E-state index contributed by atoms with van der Waals surface area (Å²) in [7, 11) is 4.12. The fraction of sp³-hybridized carbons (Fsp3) is 0.231. The molecule has 0 spiro atoms. The molecule has 1 N–H and O–H groups in total. The smallest absolute Gasteiger partial charge is 0.0596 e. The molecular formula is C13H16N2S. The van der Waals surface area contributed by atoms with E-state index in [4.69, 9.17) is 0 Å². The number of hydrogen-bond donors (Lipinski definition) is 1. The quantitative estimate of drug-likeness (QED) is 0.869. The van der Waals surface area contributed by atoms with Crippen LogP contribution in [0, 0.1) is 0 Å². The summed E-state index contributed by atoms with van der Waals surface area (Å²) in [5.74, 6) is 0. The maximum Gasteiger partial charge on any atom is 0.0596 e. The van der Waals surface area contributed by atoms with Gasteiger partial charge in [-0.15, -0.1) is 11.3 Å². The van der Waals surface area contributed by atoms with Crippen molar-refractivity contribution < 1.29 is 0 Å². The Bertz CT molecular complexity index is 435. The van der Waals surface area contributed by atoms with Gasteiger partial charge in [0.15, 0.2) is 0 Å². The van der Waals surface area contributed by atoms with Crippen molar-refractivity contribution in [1.82, 2.24) is 0 Å². The van der Waals surface area contributed by atoms with Gasteiger partial charge < -0.3 is 10.2 Å². The molecule has 1 heterocycles. The Morgan fingerprint density at radius 1 is 1.12 bits per heavy atom. The van der Waals surface area contributed by atoms with Gasteiger partial charge >= 0.3 is 0 Å². The van der Waals surface area contributed by atoms with Crippen LogP contribution in [-0.4, -0.2) is 14.1 Å². The van der Waals surface area contributed by atoms with Crippen LogP contribution < -0.4 is 10.2 Å². The number of anilines is 2.